The first-order valence-electron chi connectivity index (χ1n) is 5.57. The summed E-state index contributed by atoms with van der Waals surface area (Å²) in [6.07, 6.45) is 1.78. The fourth-order valence-corrected chi connectivity index (χ4v) is 2.46. The van der Waals surface area contributed by atoms with E-state index in [-0.39, 0.29) is 11.9 Å². The van der Waals surface area contributed by atoms with Crippen LogP contribution in [0.3, 0.4) is 0 Å². The summed E-state index contributed by atoms with van der Waals surface area (Å²) in [5, 5.41) is 10.3. The molecule has 90 valence electrons. The minimum atomic E-state index is 0.199. The highest BCUT2D eigenvalue weighted by atomic mass is 32.2. The maximum atomic E-state index is 9.01. The third-order valence-electron chi connectivity index (χ3n) is 2.67. The third kappa shape index (κ3) is 2.70. The number of aliphatic hydroxyl groups excluding tert-OH is 1. The van der Waals surface area contributed by atoms with E-state index < -0.39 is 0 Å². The molecule has 0 bridgehead atoms. The highest BCUT2D eigenvalue weighted by Crippen LogP contribution is 2.26. The molecule has 0 saturated carbocycles. The Bertz CT molecular complexity index is 516. The number of nitrogen functional groups attached to an aromatic ring is 1. The van der Waals surface area contributed by atoms with Crippen molar-refractivity contribution in [3.63, 3.8) is 0 Å². The SMILES string of the molecule is CC(CO)SCc1ccc(N)c2cccnc12. The van der Waals surface area contributed by atoms with Gasteiger partial charge in [0.15, 0.2) is 0 Å². The molecule has 3 N–H and O–H groups in total. The van der Waals surface area contributed by atoms with Gasteiger partial charge in [-0.05, 0) is 23.8 Å². The van der Waals surface area contributed by atoms with Crippen LogP contribution in [0.15, 0.2) is 30.5 Å². The van der Waals surface area contributed by atoms with Crippen molar-refractivity contribution < 1.29 is 5.11 Å². The van der Waals surface area contributed by atoms with Gasteiger partial charge < -0.3 is 10.8 Å². The van der Waals surface area contributed by atoms with Gasteiger partial charge in [-0.25, -0.2) is 0 Å². The van der Waals surface area contributed by atoms with Crippen LogP contribution in [0.1, 0.15) is 12.5 Å². The summed E-state index contributed by atoms with van der Waals surface area (Å²) in [5.74, 6) is 0.843. The lowest BCUT2D eigenvalue weighted by atomic mass is 10.1. The first-order valence-corrected chi connectivity index (χ1v) is 6.62. The van der Waals surface area contributed by atoms with Crippen LogP contribution in [0.25, 0.3) is 10.9 Å². The van der Waals surface area contributed by atoms with Crippen LogP contribution < -0.4 is 5.73 Å². The summed E-state index contributed by atoms with van der Waals surface area (Å²) < 4.78 is 0. The molecule has 4 heteroatoms. The van der Waals surface area contributed by atoms with Gasteiger partial charge in [-0.1, -0.05) is 13.0 Å². The highest BCUT2D eigenvalue weighted by molar-refractivity contribution is 7.99. The van der Waals surface area contributed by atoms with Gasteiger partial charge in [0.25, 0.3) is 0 Å². The Morgan fingerprint density at radius 2 is 2.24 bits per heavy atom. The monoisotopic (exact) mass is 248 g/mol. The second-order valence-corrected chi connectivity index (χ2v) is 5.44. The van der Waals surface area contributed by atoms with E-state index in [9.17, 15) is 0 Å². The van der Waals surface area contributed by atoms with E-state index in [1.54, 1.807) is 18.0 Å². The zero-order valence-electron chi connectivity index (χ0n) is 9.76. The van der Waals surface area contributed by atoms with E-state index >= 15 is 0 Å². The molecule has 1 atom stereocenters. The van der Waals surface area contributed by atoms with Gasteiger partial charge in [-0.3, -0.25) is 4.98 Å². The van der Waals surface area contributed by atoms with Crippen molar-refractivity contribution in [2.45, 2.75) is 17.9 Å². The Balaban J connectivity index is 2.32. The largest absolute Gasteiger partial charge is 0.398 e. The number of thioether (sulfide) groups is 1. The molecule has 0 aliphatic heterocycles. The summed E-state index contributed by atoms with van der Waals surface area (Å²) in [6.45, 7) is 2.21. The number of nitrogens with two attached hydrogens (primary N) is 1. The molecule has 0 saturated heterocycles. The number of aromatic nitrogens is 1. The minimum absolute atomic E-state index is 0.199. The summed E-state index contributed by atoms with van der Waals surface area (Å²) in [6, 6.07) is 7.82. The normalized spacial score (nSPS) is 12.8. The fraction of sp³-hybridized carbons (Fsp3) is 0.308. The number of nitrogens with zero attached hydrogens (tertiary/aromatic N) is 1. The van der Waals surface area contributed by atoms with E-state index in [4.69, 9.17) is 10.8 Å². The standard InChI is InChI=1S/C13H16N2OS/c1-9(7-16)17-8-10-4-5-12(14)11-3-2-6-15-13(10)11/h2-6,9,16H,7-8,14H2,1H3. The van der Waals surface area contributed by atoms with E-state index in [0.29, 0.717) is 0 Å². The van der Waals surface area contributed by atoms with Crippen LogP contribution >= 0.6 is 11.8 Å². The molecule has 0 aliphatic carbocycles. The smallest absolute Gasteiger partial charge is 0.0763 e. The average molecular weight is 248 g/mol. The predicted octanol–water partition coefficient (Wildman–Crippen LogP) is 2.43. The van der Waals surface area contributed by atoms with Crippen molar-refractivity contribution in [1.29, 1.82) is 0 Å². The molecular formula is C13H16N2OS. The van der Waals surface area contributed by atoms with Crippen molar-refractivity contribution in [3.05, 3.63) is 36.0 Å². The number of hydrogen-bond donors (Lipinski definition) is 2. The number of pyridine rings is 1. The summed E-state index contributed by atoms with van der Waals surface area (Å²) >= 11 is 1.72. The number of rotatable bonds is 4. The number of benzene rings is 1. The quantitative estimate of drug-likeness (QED) is 0.816. The van der Waals surface area contributed by atoms with E-state index in [1.807, 2.05) is 31.2 Å². The molecule has 1 aromatic heterocycles. The molecular weight excluding hydrogens is 232 g/mol. The van der Waals surface area contributed by atoms with Crippen molar-refractivity contribution in [2.75, 3.05) is 12.3 Å². The maximum absolute atomic E-state index is 9.01. The van der Waals surface area contributed by atoms with Crippen LogP contribution in [-0.2, 0) is 5.75 Å². The highest BCUT2D eigenvalue weighted by Gasteiger charge is 2.07. The van der Waals surface area contributed by atoms with Crippen LogP contribution in [0.2, 0.25) is 0 Å². The zero-order chi connectivity index (χ0) is 12.3. The summed E-state index contributed by atoms with van der Waals surface area (Å²) in [5.41, 5.74) is 8.81. The Kier molecular flexibility index (Phi) is 3.86. The van der Waals surface area contributed by atoms with E-state index in [1.165, 1.54) is 5.56 Å². The second-order valence-electron chi connectivity index (χ2n) is 4.02. The molecule has 1 heterocycles. The molecule has 17 heavy (non-hydrogen) atoms. The molecule has 1 aromatic carbocycles. The van der Waals surface area contributed by atoms with Crippen molar-refractivity contribution in [1.82, 2.24) is 4.98 Å². The van der Waals surface area contributed by atoms with E-state index in [2.05, 4.69) is 4.98 Å². The summed E-state index contributed by atoms with van der Waals surface area (Å²) in [7, 11) is 0. The van der Waals surface area contributed by atoms with Crippen molar-refractivity contribution >= 4 is 28.4 Å². The van der Waals surface area contributed by atoms with Crippen LogP contribution in [0.5, 0.6) is 0 Å². The molecule has 3 nitrogen and oxygen atoms in total. The molecule has 0 amide bonds. The van der Waals surface area contributed by atoms with Crippen LogP contribution in [0.4, 0.5) is 5.69 Å². The van der Waals surface area contributed by atoms with E-state index in [0.717, 1.165) is 22.3 Å². The topological polar surface area (TPSA) is 59.1 Å². The average Bonchev–Trinajstić information content (AvgIpc) is 2.38. The summed E-state index contributed by atoms with van der Waals surface area (Å²) in [4.78, 5) is 4.39. The lowest BCUT2D eigenvalue weighted by molar-refractivity contribution is 0.300. The third-order valence-corrected chi connectivity index (χ3v) is 3.86. The Hall–Kier alpha value is -1.26. The van der Waals surface area contributed by atoms with Crippen molar-refractivity contribution in [3.8, 4) is 0 Å². The molecule has 1 unspecified atom stereocenters. The maximum Gasteiger partial charge on any atom is 0.0763 e. The van der Waals surface area contributed by atoms with Crippen LogP contribution in [-0.4, -0.2) is 21.9 Å². The van der Waals surface area contributed by atoms with Gasteiger partial charge in [0, 0.05) is 28.3 Å². The van der Waals surface area contributed by atoms with Crippen LogP contribution in [0, 0.1) is 0 Å². The number of aliphatic hydroxyl groups is 1. The van der Waals surface area contributed by atoms with Gasteiger partial charge >= 0.3 is 0 Å². The van der Waals surface area contributed by atoms with Gasteiger partial charge in [0.1, 0.15) is 0 Å². The van der Waals surface area contributed by atoms with Gasteiger partial charge in [0.05, 0.1) is 12.1 Å². The molecule has 2 aromatic rings. The predicted molar refractivity (Wildman–Crippen MR) is 74.0 cm³/mol. The number of anilines is 1. The second kappa shape index (κ2) is 5.38. The molecule has 0 aliphatic rings. The Morgan fingerprint density at radius 3 is 3.00 bits per heavy atom. The fourth-order valence-electron chi connectivity index (χ4n) is 1.65. The lowest BCUT2D eigenvalue weighted by Gasteiger charge is -2.10. The van der Waals surface area contributed by atoms with Gasteiger partial charge in [0.2, 0.25) is 0 Å². The number of hydrogen-bond acceptors (Lipinski definition) is 4. The first kappa shape index (κ1) is 12.2. The molecule has 0 radical (unpaired) electrons. The minimum Gasteiger partial charge on any atom is -0.398 e. The molecule has 2 rings (SSSR count). The Labute approximate surface area is 105 Å². The van der Waals surface area contributed by atoms with Gasteiger partial charge in [-0.2, -0.15) is 11.8 Å². The molecule has 0 spiro atoms. The number of fused-ring (bicyclic) bond motifs is 1. The van der Waals surface area contributed by atoms with Crippen molar-refractivity contribution in [2.24, 2.45) is 0 Å². The zero-order valence-corrected chi connectivity index (χ0v) is 10.6. The lowest BCUT2D eigenvalue weighted by Crippen LogP contribution is -2.02. The molecule has 0 fully saturated rings. The first-order chi connectivity index (χ1) is 8.22. The van der Waals surface area contributed by atoms with Gasteiger partial charge in [-0.15, -0.1) is 0 Å². The Morgan fingerprint density at radius 1 is 1.41 bits per heavy atom.